The zero-order valence-electron chi connectivity index (χ0n) is 16.3. The van der Waals surface area contributed by atoms with Gasteiger partial charge < -0.3 is 0 Å². The van der Waals surface area contributed by atoms with E-state index in [1.165, 1.54) is 0 Å². The first-order valence-corrected chi connectivity index (χ1v) is 12.4. The molecule has 9 heteroatoms. The summed E-state index contributed by atoms with van der Waals surface area (Å²) in [4.78, 5) is 10.7. The summed E-state index contributed by atoms with van der Waals surface area (Å²) in [6.45, 7) is 3.67. The third-order valence-corrected chi connectivity index (χ3v) is 7.30. The molecule has 0 saturated heterocycles. The molecule has 4 aromatic rings. The highest BCUT2D eigenvalue weighted by atomic mass is 35.5. The van der Waals surface area contributed by atoms with Gasteiger partial charge in [0.25, 0.3) is 0 Å². The number of hydrogen-bond donors (Lipinski definition) is 0. The zero-order valence-corrected chi connectivity index (χ0v) is 19.5. The summed E-state index contributed by atoms with van der Waals surface area (Å²) in [5.74, 6) is 0.755. The van der Waals surface area contributed by atoms with Crippen molar-refractivity contribution in [3.8, 4) is 26.8 Å². The molecule has 0 aliphatic carbocycles. The first-order valence-electron chi connectivity index (χ1n) is 8.92. The number of sulfone groups is 1. The number of rotatable bonds is 4. The van der Waals surface area contributed by atoms with Crippen LogP contribution in [0.15, 0.2) is 53.8 Å². The van der Waals surface area contributed by atoms with Gasteiger partial charge >= 0.3 is 0 Å². The van der Waals surface area contributed by atoms with Crippen molar-refractivity contribution in [2.45, 2.75) is 18.9 Å². The molecule has 0 saturated carbocycles. The third-order valence-electron chi connectivity index (χ3n) is 4.49. The van der Waals surface area contributed by atoms with E-state index in [9.17, 15) is 8.42 Å². The van der Waals surface area contributed by atoms with E-state index >= 15 is 0 Å². The molecule has 154 valence electrons. The normalized spacial score (nSPS) is 11.8. The minimum absolute atomic E-state index is 0.102. The van der Waals surface area contributed by atoms with Gasteiger partial charge in [0, 0.05) is 34.1 Å². The van der Waals surface area contributed by atoms with Crippen LogP contribution < -0.4 is 0 Å². The molecule has 4 rings (SSSR count). The van der Waals surface area contributed by atoms with Crippen LogP contribution in [0.1, 0.15) is 11.3 Å². The number of benzene rings is 1. The second kappa shape index (κ2) is 7.81. The molecule has 0 unspecified atom stereocenters. The molecule has 3 aromatic heterocycles. The molecule has 0 N–H and O–H groups in total. The lowest BCUT2D eigenvalue weighted by Gasteiger charge is -2.09. The maximum absolute atomic E-state index is 11.8. The second-order valence-corrected chi connectivity index (χ2v) is 10.8. The molecule has 3 heterocycles. The van der Waals surface area contributed by atoms with Gasteiger partial charge in [0.05, 0.1) is 21.3 Å². The molecule has 0 atom stereocenters. The topological polar surface area (TPSA) is 64.8 Å². The van der Waals surface area contributed by atoms with Crippen molar-refractivity contribution in [2.24, 2.45) is 0 Å². The highest BCUT2D eigenvalue weighted by Gasteiger charge is 2.17. The lowest BCUT2D eigenvalue weighted by molar-refractivity contribution is 0.597. The number of imidazole rings is 1. The summed E-state index contributed by atoms with van der Waals surface area (Å²) < 4.78 is 25.6. The van der Waals surface area contributed by atoms with Crippen LogP contribution in [0, 0.1) is 13.8 Å². The summed E-state index contributed by atoms with van der Waals surface area (Å²) >= 11 is 14.1. The molecule has 0 radical (unpaired) electrons. The highest BCUT2D eigenvalue weighted by Crippen LogP contribution is 2.37. The Hall–Kier alpha value is -2.19. The fourth-order valence-corrected chi connectivity index (χ4v) is 5.46. The Morgan fingerprint density at radius 3 is 2.47 bits per heavy atom. The van der Waals surface area contributed by atoms with Crippen LogP contribution in [-0.2, 0) is 9.84 Å². The standard InChI is InChI=1S/C21H17Cl2N3O2S2/c1-12-8-14(10-24-21(12)30(3,27)28)18-6-7-19(29-18)20-25-13(2)11-26(20)17-9-15(22)4-5-16(17)23/h4-11H,1-3H3. The minimum Gasteiger partial charge on any atom is -0.297 e. The number of hydrogen-bond acceptors (Lipinski definition) is 5. The van der Waals surface area contributed by atoms with Crippen LogP contribution in [0.3, 0.4) is 0 Å². The van der Waals surface area contributed by atoms with Crippen molar-refractivity contribution in [3.05, 3.63) is 70.1 Å². The Balaban J connectivity index is 1.78. The van der Waals surface area contributed by atoms with Crippen molar-refractivity contribution in [1.82, 2.24) is 14.5 Å². The molecular formula is C21H17Cl2N3O2S2. The zero-order chi connectivity index (χ0) is 21.6. The Morgan fingerprint density at radius 1 is 1.03 bits per heavy atom. The van der Waals surface area contributed by atoms with E-state index < -0.39 is 9.84 Å². The molecule has 5 nitrogen and oxygen atoms in total. The third kappa shape index (κ3) is 4.03. The summed E-state index contributed by atoms with van der Waals surface area (Å²) in [6.07, 6.45) is 4.66. The Bertz CT molecular complexity index is 1370. The quantitative estimate of drug-likeness (QED) is 0.362. The van der Waals surface area contributed by atoms with Gasteiger partial charge in [-0.15, -0.1) is 11.3 Å². The van der Waals surface area contributed by atoms with Crippen molar-refractivity contribution < 1.29 is 8.42 Å². The number of halogens is 2. The minimum atomic E-state index is -3.36. The van der Waals surface area contributed by atoms with Gasteiger partial charge in [-0.05, 0) is 55.8 Å². The van der Waals surface area contributed by atoms with Gasteiger partial charge in [0.15, 0.2) is 20.7 Å². The van der Waals surface area contributed by atoms with Crippen LogP contribution in [0.4, 0.5) is 0 Å². The van der Waals surface area contributed by atoms with Crippen LogP contribution in [0.2, 0.25) is 10.0 Å². The SMILES string of the molecule is Cc1cn(-c2cc(Cl)ccc2Cl)c(-c2ccc(-c3cnc(S(C)(=O)=O)c(C)c3)s2)n1. The van der Waals surface area contributed by atoms with Crippen LogP contribution >= 0.6 is 34.5 Å². The van der Waals surface area contributed by atoms with Gasteiger partial charge in [-0.25, -0.2) is 18.4 Å². The van der Waals surface area contributed by atoms with Gasteiger partial charge in [-0.2, -0.15) is 0 Å². The van der Waals surface area contributed by atoms with Crippen LogP contribution in [-0.4, -0.2) is 29.2 Å². The predicted molar refractivity (Wildman–Crippen MR) is 123 cm³/mol. The van der Waals surface area contributed by atoms with Gasteiger partial charge in [0.1, 0.15) is 0 Å². The molecule has 1 aromatic carbocycles. The smallest absolute Gasteiger partial charge is 0.193 e. The molecule has 0 bridgehead atoms. The number of nitrogens with zero attached hydrogens (tertiary/aromatic N) is 3. The molecule has 0 fully saturated rings. The first-order chi connectivity index (χ1) is 14.1. The van der Waals surface area contributed by atoms with Crippen molar-refractivity contribution in [3.63, 3.8) is 0 Å². The largest absolute Gasteiger partial charge is 0.297 e. The van der Waals surface area contributed by atoms with Crippen LogP contribution in [0.5, 0.6) is 0 Å². The molecule has 0 amide bonds. The summed E-state index contributed by atoms with van der Waals surface area (Å²) in [6, 6.07) is 11.1. The molecule has 30 heavy (non-hydrogen) atoms. The molecular weight excluding hydrogens is 461 g/mol. The fraction of sp³-hybridized carbons (Fsp3) is 0.143. The summed E-state index contributed by atoms with van der Waals surface area (Å²) in [5, 5.41) is 1.27. The van der Waals surface area contributed by atoms with E-state index in [2.05, 4.69) is 9.97 Å². The maximum atomic E-state index is 11.8. The van der Waals surface area contributed by atoms with Gasteiger partial charge in [0.2, 0.25) is 0 Å². The Labute approximate surface area is 188 Å². The number of thiophene rings is 1. The molecule has 0 spiro atoms. The molecule has 0 aliphatic rings. The fourth-order valence-electron chi connectivity index (χ4n) is 3.22. The lowest BCUT2D eigenvalue weighted by atomic mass is 10.2. The van der Waals surface area contributed by atoms with Crippen molar-refractivity contribution in [1.29, 1.82) is 0 Å². The van der Waals surface area contributed by atoms with Crippen molar-refractivity contribution >= 4 is 44.4 Å². The summed E-state index contributed by atoms with van der Waals surface area (Å²) in [5.41, 5.74) is 3.08. The van der Waals surface area contributed by atoms with E-state index in [4.69, 9.17) is 23.2 Å². The van der Waals surface area contributed by atoms with E-state index in [0.29, 0.717) is 15.6 Å². The first kappa shape index (κ1) is 21.1. The highest BCUT2D eigenvalue weighted by molar-refractivity contribution is 7.90. The number of aryl methyl sites for hydroxylation is 2. The number of aromatic nitrogens is 3. The van der Waals surface area contributed by atoms with Crippen molar-refractivity contribution in [2.75, 3.05) is 6.26 Å². The van der Waals surface area contributed by atoms with Crippen LogP contribution in [0.25, 0.3) is 26.8 Å². The van der Waals surface area contributed by atoms with Gasteiger partial charge in [-0.3, -0.25) is 4.57 Å². The number of pyridine rings is 1. The Morgan fingerprint density at radius 2 is 1.77 bits per heavy atom. The summed E-state index contributed by atoms with van der Waals surface area (Å²) in [7, 11) is -3.36. The monoisotopic (exact) mass is 477 g/mol. The average molecular weight is 478 g/mol. The van der Waals surface area contributed by atoms with E-state index in [-0.39, 0.29) is 5.03 Å². The average Bonchev–Trinajstić information content (AvgIpc) is 3.29. The van der Waals surface area contributed by atoms with E-state index in [1.54, 1.807) is 42.7 Å². The van der Waals surface area contributed by atoms with E-state index in [0.717, 1.165) is 38.8 Å². The maximum Gasteiger partial charge on any atom is 0.193 e. The van der Waals surface area contributed by atoms with Gasteiger partial charge in [-0.1, -0.05) is 23.2 Å². The lowest BCUT2D eigenvalue weighted by Crippen LogP contribution is -2.03. The molecule has 0 aliphatic heterocycles. The van der Waals surface area contributed by atoms with E-state index in [1.807, 2.05) is 35.9 Å². The Kier molecular flexibility index (Phi) is 5.48. The predicted octanol–water partition coefficient (Wildman–Crippen LogP) is 5.99. The second-order valence-electron chi connectivity index (χ2n) is 6.95.